The zero-order valence-electron chi connectivity index (χ0n) is 8.90. The van der Waals surface area contributed by atoms with Crippen LogP contribution in [0.25, 0.3) is 0 Å². The number of fused-ring (bicyclic) bond motifs is 1. The van der Waals surface area contributed by atoms with Gasteiger partial charge in [0.15, 0.2) is 0 Å². The average molecular weight is 209 g/mol. The van der Waals surface area contributed by atoms with Gasteiger partial charge in [-0.1, -0.05) is 6.92 Å². The molecular formula is C10H15N3O2. The summed E-state index contributed by atoms with van der Waals surface area (Å²) in [5, 5.41) is 12.1. The Morgan fingerprint density at radius 3 is 3.13 bits per heavy atom. The highest BCUT2D eigenvalue weighted by atomic mass is 16.4. The highest BCUT2D eigenvalue weighted by Gasteiger charge is 2.31. The van der Waals surface area contributed by atoms with Crippen molar-refractivity contribution in [2.75, 3.05) is 0 Å². The maximum atomic E-state index is 11.0. The van der Waals surface area contributed by atoms with E-state index in [1.54, 1.807) is 6.33 Å². The number of rotatable bonds is 2. The molecule has 1 aromatic rings. The number of aryl methyl sites for hydroxylation is 1. The van der Waals surface area contributed by atoms with Gasteiger partial charge < -0.3 is 9.67 Å². The van der Waals surface area contributed by atoms with Gasteiger partial charge >= 0.3 is 5.97 Å². The second-order valence-corrected chi connectivity index (χ2v) is 3.91. The third-order valence-electron chi connectivity index (χ3n) is 2.93. The van der Waals surface area contributed by atoms with Crippen LogP contribution in [0.1, 0.15) is 30.8 Å². The number of nitrogens with one attached hydrogen (secondary N) is 1. The van der Waals surface area contributed by atoms with E-state index in [1.807, 2.05) is 18.5 Å². The molecule has 1 aromatic heterocycles. The first kappa shape index (κ1) is 10.2. The summed E-state index contributed by atoms with van der Waals surface area (Å²) in [7, 11) is 1.91. The minimum absolute atomic E-state index is 0.0658. The van der Waals surface area contributed by atoms with Crippen LogP contribution in [0.5, 0.6) is 0 Å². The predicted octanol–water partition coefficient (Wildman–Crippen LogP) is 0.470. The van der Waals surface area contributed by atoms with Gasteiger partial charge in [0.25, 0.3) is 0 Å². The number of nitrogens with zero attached hydrogens (tertiary/aromatic N) is 2. The molecule has 1 aliphatic heterocycles. The van der Waals surface area contributed by atoms with Crippen molar-refractivity contribution in [1.82, 2.24) is 14.9 Å². The zero-order valence-corrected chi connectivity index (χ0v) is 8.90. The molecular weight excluding hydrogens is 194 g/mol. The molecule has 0 bridgehead atoms. The molecule has 1 aliphatic rings. The largest absolute Gasteiger partial charge is 0.480 e. The van der Waals surface area contributed by atoms with Gasteiger partial charge in [-0.2, -0.15) is 0 Å². The van der Waals surface area contributed by atoms with Crippen LogP contribution >= 0.6 is 0 Å². The van der Waals surface area contributed by atoms with Crippen molar-refractivity contribution in [2.24, 2.45) is 7.05 Å². The van der Waals surface area contributed by atoms with E-state index in [0.717, 1.165) is 17.8 Å². The lowest BCUT2D eigenvalue weighted by Crippen LogP contribution is -2.44. The first-order valence-corrected chi connectivity index (χ1v) is 5.12. The van der Waals surface area contributed by atoms with Crippen molar-refractivity contribution >= 4 is 5.97 Å². The number of carboxylic acids is 1. The Hall–Kier alpha value is -1.36. The number of hydrogen-bond acceptors (Lipinski definition) is 3. The summed E-state index contributed by atoms with van der Waals surface area (Å²) in [6, 6.07) is -0.422. The van der Waals surface area contributed by atoms with Crippen molar-refractivity contribution in [1.29, 1.82) is 0 Å². The normalized spacial score (nSPS) is 24.9. The Morgan fingerprint density at radius 2 is 2.53 bits per heavy atom. The first-order chi connectivity index (χ1) is 7.13. The van der Waals surface area contributed by atoms with Gasteiger partial charge in [0, 0.05) is 19.2 Å². The van der Waals surface area contributed by atoms with E-state index >= 15 is 0 Å². The van der Waals surface area contributed by atoms with Crippen molar-refractivity contribution in [3.05, 3.63) is 17.7 Å². The summed E-state index contributed by atoms with van der Waals surface area (Å²) in [6.07, 6.45) is 3.12. The predicted molar refractivity (Wildman–Crippen MR) is 54.5 cm³/mol. The lowest BCUT2D eigenvalue weighted by atomic mass is 9.97. The molecule has 0 fully saturated rings. The van der Waals surface area contributed by atoms with Gasteiger partial charge in [-0.05, 0) is 6.42 Å². The maximum Gasteiger partial charge on any atom is 0.321 e. The van der Waals surface area contributed by atoms with Gasteiger partial charge in [-0.3, -0.25) is 10.1 Å². The minimum Gasteiger partial charge on any atom is -0.480 e. The molecule has 5 nitrogen and oxygen atoms in total. The molecule has 2 rings (SSSR count). The molecule has 0 radical (unpaired) electrons. The van der Waals surface area contributed by atoms with Gasteiger partial charge in [0.1, 0.15) is 6.04 Å². The molecule has 82 valence electrons. The summed E-state index contributed by atoms with van der Waals surface area (Å²) in [6.45, 7) is 2.03. The van der Waals surface area contributed by atoms with Crippen molar-refractivity contribution in [3.63, 3.8) is 0 Å². The van der Waals surface area contributed by atoms with Crippen LogP contribution in [0.4, 0.5) is 0 Å². The van der Waals surface area contributed by atoms with Gasteiger partial charge in [0.2, 0.25) is 0 Å². The SMILES string of the molecule is CCC1NC(C(=O)O)Cc2c1ncn2C. The molecule has 0 aliphatic carbocycles. The Kier molecular flexibility index (Phi) is 2.48. The van der Waals surface area contributed by atoms with Gasteiger partial charge in [0.05, 0.1) is 18.1 Å². The monoisotopic (exact) mass is 209 g/mol. The summed E-state index contributed by atoms with van der Waals surface area (Å²) in [5.74, 6) is -0.791. The molecule has 0 aromatic carbocycles. The maximum absolute atomic E-state index is 11.0. The Morgan fingerprint density at radius 1 is 1.80 bits per heavy atom. The van der Waals surface area contributed by atoms with Crippen LogP contribution in [0.2, 0.25) is 0 Å². The lowest BCUT2D eigenvalue weighted by molar-refractivity contribution is -0.139. The minimum atomic E-state index is -0.791. The fraction of sp³-hybridized carbons (Fsp3) is 0.600. The van der Waals surface area contributed by atoms with Crippen LogP contribution in [0.15, 0.2) is 6.33 Å². The number of aliphatic carboxylic acids is 1. The van der Waals surface area contributed by atoms with Crippen molar-refractivity contribution in [2.45, 2.75) is 31.8 Å². The van der Waals surface area contributed by atoms with Crippen LogP contribution in [0.3, 0.4) is 0 Å². The van der Waals surface area contributed by atoms with Crippen molar-refractivity contribution in [3.8, 4) is 0 Å². The number of hydrogen-bond donors (Lipinski definition) is 2. The molecule has 2 heterocycles. The third-order valence-corrected chi connectivity index (χ3v) is 2.93. The van der Waals surface area contributed by atoms with Crippen LogP contribution in [-0.4, -0.2) is 26.7 Å². The van der Waals surface area contributed by atoms with E-state index in [2.05, 4.69) is 10.3 Å². The highest BCUT2D eigenvalue weighted by molar-refractivity contribution is 5.74. The summed E-state index contributed by atoms with van der Waals surface area (Å²) >= 11 is 0. The fourth-order valence-corrected chi connectivity index (χ4v) is 2.06. The quantitative estimate of drug-likeness (QED) is 0.743. The van der Waals surface area contributed by atoms with E-state index in [4.69, 9.17) is 5.11 Å². The Balaban J connectivity index is 2.35. The summed E-state index contributed by atoms with van der Waals surface area (Å²) in [5.41, 5.74) is 2.03. The smallest absolute Gasteiger partial charge is 0.321 e. The van der Waals surface area contributed by atoms with Crippen molar-refractivity contribution < 1.29 is 9.90 Å². The molecule has 0 saturated carbocycles. The summed E-state index contributed by atoms with van der Waals surface area (Å²) in [4.78, 5) is 15.3. The molecule has 5 heteroatoms. The summed E-state index contributed by atoms with van der Waals surface area (Å²) < 4.78 is 1.91. The standard InChI is InChI=1S/C10H15N3O2/c1-3-6-9-8(13(2)5-11-9)4-7(12-6)10(14)15/h5-7,12H,3-4H2,1-2H3,(H,14,15). The molecule has 0 saturated heterocycles. The number of carbonyl (C=O) groups is 1. The Labute approximate surface area is 88.1 Å². The van der Waals surface area contributed by atoms with Crippen LogP contribution < -0.4 is 5.32 Å². The average Bonchev–Trinajstić information content (AvgIpc) is 2.59. The fourth-order valence-electron chi connectivity index (χ4n) is 2.06. The molecule has 0 spiro atoms. The van der Waals surface area contributed by atoms with Gasteiger partial charge in [-0.25, -0.2) is 4.98 Å². The first-order valence-electron chi connectivity index (χ1n) is 5.12. The van der Waals surface area contributed by atoms with Gasteiger partial charge in [-0.15, -0.1) is 0 Å². The topological polar surface area (TPSA) is 67.2 Å². The number of imidazole rings is 1. The molecule has 2 N–H and O–H groups in total. The van der Waals surface area contributed by atoms with E-state index in [0.29, 0.717) is 6.42 Å². The van der Waals surface area contributed by atoms with E-state index in [9.17, 15) is 4.79 Å². The second-order valence-electron chi connectivity index (χ2n) is 3.91. The van der Waals surface area contributed by atoms with E-state index in [-0.39, 0.29) is 6.04 Å². The lowest BCUT2D eigenvalue weighted by Gasteiger charge is -2.27. The molecule has 15 heavy (non-hydrogen) atoms. The molecule has 2 atom stereocenters. The van der Waals surface area contributed by atoms with Crippen LogP contribution in [0, 0.1) is 0 Å². The van der Waals surface area contributed by atoms with E-state index in [1.165, 1.54) is 0 Å². The van der Waals surface area contributed by atoms with E-state index < -0.39 is 12.0 Å². The molecule has 2 unspecified atom stereocenters. The molecule has 0 amide bonds. The highest BCUT2D eigenvalue weighted by Crippen LogP contribution is 2.25. The zero-order chi connectivity index (χ0) is 11.0. The van der Waals surface area contributed by atoms with Crippen LogP contribution in [-0.2, 0) is 18.3 Å². The number of aromatic nitrogens is 2. The number of carboxylic acid groups (broad SMARTS) is 1. The third kappa shape index (κ3) is 1.63. The Bertz CT molecular complexity index is 386. The second kappa shape index (κ2) is 3.66.